The van der Waals surface area contributed by atoms with Gasteiger partial charge in [0.25, 0.3) is 0 Å². The fourth-order valence-corrected chi connectivity index (χ4v) is 1.90. The molecule has 0 aromatic heterocycles. The van der Waals surface area contributed by atoms with Gasteiger partial charge in [0.05, 0.1) is 6.61 Å². The van der Waals surface area contributed by atoms with Crippen LogP contribution in [-0.4, -0.2) is 24.6 Å². The van der Waals surface area contributed by atoms with E-state index in [4.69, 9.17) is 9.47 Å². The van der Waals surface area contributed by atoms with Gasteiger partial charge in [-0.3, -0.25) is 0 Å². The summed E-state index contributed by atoms with van der Waals surface area (Å²) in [5, 5.41) is 9.33. The van der Waals surface area contributed by atoms with Crippen LogP contribution in [0.15, 0.2) is 30.3 Å². The van der Waals surface area contributed by atoms with Gasteiger partial charge in [-0.25, -0.2) is 0 Å². The van der Waals surface area contributed by atoms with Gasteiger partial charge in [0.15, 0.2) is 6.29 Å². The van der Waals surface area contributed by atoms with Crippen molar-refractivity contribution < 1.29 is 14.6 Å². The summed E-state index contributed by atoms with van der Waals surface area (Å²) < 4.78 is 11.3. The number of aliphatic hydroxyl groups is 1. The summed E-state index contributed by atoms with van der Waals surface area (Å²) in [6.45, 7) is 0.751. The molecule has 0 aliphatic carbocycles. The Balaban J connectivity index is 1.94. The predicted molar refractivity (Wildman–Crippen MR) is 60.9 cm³/mol. The Morgan fingerprint density at radius 1 is 1.31 bits per heavy atom. The topological polar surface area (TPSA) is 38.7 Å². The lowest BCUT2D eigenvalue weighted by Gasteiger charge is -2.27. The summed E-state index contributed by atoms with van der Waals surface area (Å²) in [5.41, 5.74) is 0.999. The molecule has 1 aliphatic rings. The molecule has 3 nitrogen and oxygen atoms in total. The second-order valence-corrected chi connectivity index (χ2v) is 4.01. The lowest BCUT2D eigenvalue weighted by molar-refractivity contribution is -0.196. The molecule has 88 valence electrons. The predicted octanol–water partition coefficient (Wildman–Crippen LogP) is 2.26. The first-order valence-electron chi connectivity index (χ1n) is 5.83. The molecule has 2 rings (SSSR count). The van der Waals surface area contributed by atoms with Crippen molar-refractivity contribution in [2.24, 2.45) is 0 Å². The number of hydrogen-bond acceptors (Lipinski definition) is 3. The van der Waals surface area contributed by atoms with E-state index in [2.05, 4.69) is 0 Å². The highest BCUT2D eigenvalue weighted by Gasteiger charge is 2.20. The molecule has 1 N–H and O–H groups in total. The minimum Gasteiger partial charge on any atom is -0.393 e. The van der Waals surface area contributed by atoms with Crippen molar-refractivity contribution in [3.8, 4) is 0 Å². The average molecular weight is 222 g/mol. The van der Waals surface area contributed by atoms with Crippen LogP contribution >= 0.6 is 0 Å². The average Bonchev–Trinajstić information content (AvgIpc) is 2.38. The first-order chi connectivity index (χ1) is 7.90. The monoisotopic (exact) mass is 222 g/mol. The third-order valence-corrected chi connectivity index (χ3v) is 2.79. The van der Waals surface area contributed by atoms with Crippen LogP contribution in [0.3, 0.4) is 0 Å². The summed E-state index contributed by atoms with van der Waals surface area (Å²) in [5.74, 6) is 0. The molecule has 3 heteroatoms. The van der Waals surface area contributed by atoms with Crippen LogP contribution in [0.4, 0.5) is 0 Å². The van der Waals surface area contributed by atoms with Gasteiger partial charge < -0.3 is 14.6 Å². The van der Waals surface area contributed by atoms with E-state index in [0.717, 1.165) is 31.4 Å². The van der Waals surface area contributed by atoms with Gasteiger partial charge in [-0.15, -0.1) is 0 Å². The molecule has 1 fully saturated rings. The second-order valence-electron chi connectivity index (χ2n) is 4.01. The molecule has 0 spiro atoms. The summed E-state index contributed by atoms with van der Waals surface area (Å²) in [6.07, 6.45) is 2.73. The Bertz CT molecular complexity index is 293. The van der Waals surface area contributed by atoms with Crippen molar-refractivity contribution in [3.63, 3.8) is 0 Å². The van der Waals surface area contributed by atoms with Crippen LogP contribution < -0.4 is 0 Å². The highest BCUT2D eigenvalue weighted by atomic mass is 16.7. The van der Waals surface area contributed by atoms with Crippen molar-refractivity contribution in [2.45, 2.75) is 31.7 Å². The quantitative estimate of drug-likeness (QED) is 0.849. The summed E-state index contributed by atoms with van der Waals surface area (Å²) in [6, 6.07) is 9.77. The molecule has 16 heavy (non-hydrogen) atoms. The van der Waals surface area contributed by atoms with Crippen LogP contribution in [0.2, 0.25) is 0 Å². The molecular formula is C13H18O3. The summed E-state index contributed by atoms with van der Waals surface area (Å²) >= 11 is 0. The van der Waals surface area contributed by atoms with Gasteiger partial charge in [0.2, 0.25) is 0 Å². The maximum atomic E-state index is 9.33. The molecule has 1 aromatic carbocycles. The van der Waals surface area contributed by atoms with Crippen LogP contribution in [0.1, 0.15) is 30.9 Å². The van der Waals surface area contributed by atoms with Gasteiger partial charge in [0.1, 0.15) is 6.10 Å². The molecule has 2 atom stereocenters. The highest BCUT2D eigenvalue weighted by Crippen LogP contribution is 2.23. The zero-order valence-corrected chi connectivity index (χ0v) is 9.34. The fourth-order valence-electron chi connectivity index (χ4n) is 1.90. The maximum Gasteiger partial charge on any atom is 0.158 e. The van der Waals surface area contributed by atoms with Crippen LogP contribution in [0.5, 0.6) is 0 Å². The van der Waals surface area contributed by atoms with Gasteiger partial charge >= 0.3 is 0 Å². The number of ether oxygens (including phenoxy) is 2. The summed E-state index contributed by atoms with van der Waals surface area (Å²) in [7, 11) is 0. The molecule has 0 saturated carbocycles. The molecule has 0 bridgehead atoms. The van der Waals surface area contributed by atoms with E-state index in [1.807, 2.05) is 30.3 Å². The lowest BCUT2D eigenvalue weighted by Crippen LogP contribution is -2.25. The van der Waals surface area contributed by atoms with Gasteiger partial charge in [-0.2, -0.15) is 0 Å². The minimum absolute atomic E-state index is 0.0100. The van der Waals surface area contributed by atoms with Crippen molar-refractivity contribution in [1.29, 1.82) is 0 Å². The SMILES string of the molecule is OC[C@@H](OC1CCCCO1)c1ccccc1. The van der Waals surface area contributed by atoms with Crippen molar-refractivity contribution >= 4 is 0 Å². The molecule has 0 radical (unpaired) electrons. The molecule has 1 saturated heterocycles. The Morgan fingerprint density at radius 2 is 2.12 bits per heavy atom. The van der Waals surface area contributed by atoms with Gasteiger partial charge in [-0.1, -0.05) is 30.3 Å². The molecule has 0 amide bonds. The molecule has 1 heterocycles. The van der Waals surface area contributed by atoms with E-state index in [1.165, 1.54) is 0 Å². The Kier molecular flexibility index (Phi) is 4.34. The molecule has 1 aromatic rings. The number of hydrogen-bond donors (Lipinski definition) is 1. The van der Waals surface area contributed by atoms with Crippen LogP contribution in [0, 0.1) is 0 Å². The largest absolute Gasteiger partial charge is 0.393 e. The highest BCUT2D eigenvalue weighted by molar-refractivity contribution is 5.17. The Hall–Kier alpha value is -0.900. The van der Waals surface area contributed by atoms with E-state index in [1.54, 1.807) is 0 Å². The smallest absolute Gasteiger partial charge is 0.158 e. The van der Waals surface area contributed by atoms with Crippen molar-refractivity contribution in [1.82, 2.24) is 0 Å². The molecular weight excluding hydrogens is 204 g/mol. The van der Waals surface area contributed by atoms with E-state index in [-0.39, 0.29) is 19.0 Å². The zero-order valence-electron chi connectivity index (χ0n) is 9.34. The third-order valence-electron chi connectivity index (χ3n) is 2.79. The molecule has 1 aliphatic heterocycles. The third kappa shape index (κ3) is 3.04. The first-order valence-corrected chi connectivity index (χ1v) is 5.83. The Morgan fingerprint density at radius 3 is 2.75 bits per heavy atom. The fraction of sp³-hybridized carbons (Fsp3) is 0.538. The first kappa shape index (κ1) is 11.6. The maximum absolute atomic E-state index is 9.33. The summed E-state index contributed by atoms with van der Waals surface area (Å²) in [4.78, 5) is 0. The lowest BCUT2D eigenvalue weighted by atomic mass is 10.1. The molecule has 1 unspecified atom stereocenters. The van der Waals surface area contributed by atoms with Crippen molar-refractivity contribution in [2.75, 3.05) is 13.2 Å². The van der Waals surface area contributed by atoms with E-state index in [9.17, 15) is 5.11 Å². The number of benzene rings is 1. The second kappa shape index (κ2) is 5.99. The van der Waals surface area contributed by atoms with Crippen LogP contribution in [-0.2, 0) is 9.47 Å². The van der Waals surface area contributed by atoms with E-state index < -0.39 is 0 Å². The minimum atomic E-state index is -0.274. The van der Waals surface area contributed by atoms with E-state index in [0.29, 0.717) is 0 Å². The standard InChI is InChI=1S/C13H18O3/c14-10-12(11-6-2-1-3-7-11)16-13-8-4-5-9-15-13/h1-3,6-7,12-14H,4-5,8-10H2/t12-,13?/m1/s1. The van der Waals surface area contributed by atoms with Gasteiger partial charge in [0, 0.05) is 6.61 Å². The Labute approximate surface area is 96.0 Å². The normalized spacial score (nSPS) is 22.9. The zero-order chi connectivity index (χ0) is 11.2. The number of rotatable bonds is 4. The van der Waals surface area contributed by atoms with E-state index >= 15 is 0 Å². The van der Waals surface area contributed by atoms with Gasteiger partial charge in [-0.05, 0) is 24.8 Å². The van der Waals surface area contributed by atoms with Crippen molar-refractivity contribution in [3.05, 3.63) is 35.9 Å². The van der Waals surface area contributed by atoms with Crippen LogP contribution in [0.25, 0.3) is 0 Å². The number of aliphatic hydroxyl groups excluding tert-OH is 1.